The minimum Gasteiger partial charge on any atom is -0.346 e. The Morgan fingerprint density at radius 1 is 0.763 bits per heavy atom. The molecule has 0 saturated carbocycles. The fourth-order valence-electron chi connectivity index (χ4n) is 4.52. The van der Waals surface area contributed by atoms with Gasteiger partial charge in [-0.25, -0.2) is 23.1 Å². The average Bonchev–Trinajstić information content (AvgIpc) is 2.95. The van der Waals surface area contributed by atoms with E-state index in [0.29, 0.717) is 5.11 Å². The fourth-order valence-corrected chi connectivity index (χ4v) is 5.78. The van der Waals surface area contributed by atoms with Gasteiger partial charge in [0.25, 0.3) is 10.0 Å². The Hall–Kier alpha value is -3.86. The predicted octanol–water partition coefficient (Wildman–Crippen LogP) is 4.38. The first kappa shape index (κ1) is 25.8. The van der Waals surface area contributed by atoms with Crippen LogP contribution in [0.4, 0.5) is 11.6 Å². The van der Waals surface area contributed by atoms with Gasteiger partial charge in [0.05, 0.1) is 10.9 Å². The largest absolute Gasteiger partial charge is 0.346 e. The number of nitrogens with zero attached hydrogens (tertiary/aromatic N) is 4. The number of anilines is 2. The Kier molecular flexibility index (Phi) is 7.92. The molecule has 0 aliphatic carbocycles. The van der Waals surface area contributed by atoms with Crippen LogP contribution in [0.5, 0.6) is 0 Å². The molecule has 0 radical (unpaired) electrons. The van der Waals surface area contributed by atoms with Gasteiger partial charge in [0.2, 0.25) is 5.95 Å². The Morgan fingerprint density at radius 3 is 1.87 bits per heavy atom. The average molecular weight is 545 g/mol. The molecule has 2 heterocycles. The van der Waals surface area contributed by atoms with Gasteiger partial charge in [-0.15, -0.1) is 0 Å². The van der Waals surface area contributed by atoms with Gasteiger partial charge in [-0.05, 0) is 53.7 Å². The van der Waals surface area contributed by atoms with Crippen LogP contribution in [-0.2, 0) is 10.0 Å². The van der Waals surface area contributed by atoms with Gasteiger partial charge in [-0.3, -0.25) is 4.90 Å². The van der Waals surface area contributed by atoms with Crippen molar-refractivity contribution in [1.29, 1.82) is 0 Å². The fraction of sp³-hybridized carbons (Fsp3) is 0.179. The van der Waals surface area contributed by atoms with E-state index < -0.39 is 10.0 Å². The molecule has 1 aliphatic heterocycles. The van der Waals surface area contributed by atoms with Gasteiger partial charge in [0.1, 0.15) is 0 Å². The Bertz CT molecular complexity index is 1410. The molecule has 1 saturated heterocycles. The summed E-state index contributed by atoms with van der Waals surface area (Å²) in [5, 5.41) is 3.86. The molecular weight excluding hydrogens is 516 g/mol. The van der Waals surface area contributed by atoms with E-state index in [9.17, 15) is 8.42 Å². The molecule has 1 aliphatic rings. The lowest BCUT2D eigenvalue weighted by atomic mass is 9.96. The summed E-state index contributed by atoms with van der Waals surface area (Å²) in [4.78, 5) is 12.6. The highest BCUT2D eigenvalue weighted by Crippen LogP contribution is 2.29. The lowest BCUT2D eigenvalue weighted by molar-refractivity contribution is 0.151. The van der Waals surface area contributed by atoms with Crippen molar-refractivity contribution >= 4 is 39.0 Å². The molecule has 3 aromatic carbocycles. The van der Waals surface area contributed by atoms with E-state index in [1.165, 1.54) is 35.7 Å². The monoisotopic (exact) mass is 544 g/mol. The normalized spacial score (nSPS) is 14.3. The van der Waals surface area contributed by atoms with Gasteiger partial charge < -0.3 is 10.2 Å². The van der Waals surface area contributed by atoms with Gasteiger partial charge >= 0.3 is 0 Å². The SMILES string of the molecule is O=S(=O)(Nc1ncccn1)c1ccc(NC(=S)N2CCN(C(c3ccccc3)c3ccccc3)CC2)cc1. The second kappa shape index (κ2) is 11.7. The smallest absolute Gasteiger partial charge is 0.264 e. The first-order chi connectivity index (χ1) is 18.5. The summed E-state index contributed by atoms with van der Waals surface area (Å²) in [7, 11) is -3.79. The topological polar surface area (TPSA) is 90.5 Å². The van der Waals surface area contributed by atoms with E-state index in [-0.39, 0.29) is 16.9 Å². The maximum atomic E-state index is 12.6. The van der Waals surface area contributed by atoms with Crippen LogP contribution in [0.2, 0.25) is 0 Å². The Morgan fingerprint density at radius 2 is 1.32 bits per heavy atom. The summed E-state index contributed by atoms with van der Waals surface area (Å²) in [5.41, 5.74) is 3.27. The van der Waals surface area contributed by atoms with Crippen LogP contribution in [0.25, 0.3) is 0 Å². The summed E-state index contributed by atoms with van der Waals surface area (Å²) >= 11 is 5.69. The number of thiocarbonyl (C=S) groups is 1. The summed E-state index contributed by atoms with van der Waals surface area (Å²) in [6.07, 6.45) is 2.95. The third-order valence-electron chi connectivity index (χ3n) is 6.40. The number of aromatic nitrogens is 2. The second-order valence-corrected chi connectivity index (χ2v) is 10.9. The van der Waals surface area contributed by atoms with Crippen molar-refractivity contribution in [2.24, 2.45) is 0 Å². The molecule has 2 N–H and O–H groups in total. The first-order valence-corrected chi connectivity index (χ1v) is 14.2. The van der Waals surface area contributed by atoms with Crippen molar-refractivity contribution in [3.05, 3.63) is 115 Å². The van der Waals surface area contributed by atoms with Crippen LogP contribution >= 0.6 is 12.2 Å². The molecule has 0 atom stereocenters. The highest BCUT2D eigenvalue weighted by molar-refractivity contribution is 7.92. The molecule has 0 bridgehead atoms. The number of nitrogens with one attached hydrogen (secondary N) is 2. The van der Waals surface area contributed by atoms with E-state index in [0.717, 1.165) is 31.9 Å². The zero-order valence-electron chi connectivity index (χ0n) is 20.6. The number of hydrogen-bond acceptors (Lipinski definition) is 6. The Balaban J connectivity index is 1.20. The van der Waals surface area contributed by atoms with E-state index in [4.69, 9.17) is 12.2 Å². The van der Waals surface area contributed by atoms with Crippen molar-refractivity contribution < 1.29 is 8.42 Å². The minimum atomic E-state index is -3.79. The maximum absolute atomic E-state index is 12.6. The van der Waals surface area contributed by atoms with E-state index in [2.05, 4.69) is 78.3 Å². The van der Waals surface area contributed by atoms with E-state index in [1.54, 1.807) is 18.2 Å². The summed E-state index contributed by atoms with van der Waals surface area (Å²) in [6.45, 7) is 3.30. The molecule has 0 unspecified atom stereocenters. The van der Waals surface area contributed by atoms with Crippen LogP contribution in [0.3, 0.4) is 0 Å². The number of rotatable bonds is 7. The van der Waals surface area contributed by atoms with Crippen molar-refractivity contribution in [3.8, 4) is 0 Å². The van der Waals surface area contributed by atoms with Crippen LogP contribution in [0, 0.1) is 0 Å². The molecular formula is C28H28N6O2S2. The molecule has 0 amide bonds. The molecule has 5 rings (SSSR count). The van der Waals surface area contributed by atoms with Crippen molar-refractivity contribution in [1.82, 2.24) is 19.8 Å². The van der Waals surface area contributed by atoms with Crippen LogP contribution in [-0.4, -0.2) is 59.5 Å². The molecule has 10 heteroatoms. The second-order valence-electron chi connectivity index (χ2n) is 8.88. The van der Waals surface area contributed by atoms with Crippen molar-refractivity contribution in [2.45, 2.75) is 10.9 Å². The molecule has 8 nitrogen and oxygen atoms in total. The zero-order chi connectivity index (χ0) is 26.4. The lowest BCUT2D eigenvalue weighted by Crippen LogP contribution is -2.50. The number of piperazine rings is 1. The molecule has 38 heavy (non-hydrogen) atoms. The Labute approximate surface area is 228 Å². The van der Waals surface area contributed by atoms with Gasteiger partial charge in [-0.2, -0.15) is 0 Å². The molecule has 0 spiro atoms. The van der Waals surface area contributed by atoms with Crippen molar-refractivity contribution in [3.63, 3.8) is 0 Å². The first-order valence-electron chi connectivity index (χ1n) is 12.3. The maximum Gasteiger partial charge on any atom is 0.264 e. The predicted molar refractivity (Wildman–Crippen MR) is 153 cm³/mol. The summed E-state index contributed by atoms with van der Waals surface area (Å²) in [5.74, 6) is 0.0248. The van der Waals surface area contributed by atoms with Crippen molar-refractivity contribution in [2.75, 3.05) is 36.2 Å². The van der Waals surface area contributed by atoms with Gasteiger partial charge in [0.15, 0.2) is 5.11 Å². The molecule has 4 aromatic rings. The van der Waals surface area contributed by atoms with Crippen LogP contribution in [0.15, 0.2) is 108 Å². The lowest BCUT2D eigenvalue weighted by Gasteiger charge is -2.40. The third kappa shape index (κ3) is 6.16. The van der Waals surface area contributed by atoms with Crippen LogP contribution in [0.1, 0.15) is 17.2 Å². The van der Waals surface area contributed by atoms with E-state index >= 15 is 0 Å². The highest BCUT2D eigenvalue weighted by atomic mass is 32.2. The van der Waals surface area contributed by atoms with Gasteiger partial charge in [-0.1, -0.05) is 60.7 Å². The van der Waals surface area contributed by atoms with Crippen LogP contribution < -0.4 is 10.0 Å². The molecule has 1 aromatic heterocycles. The van der Waals surface area contributed by atoms with E-state index in [1.807, 2.05) is 12.1 Å². The zero-order valence-corrected chi connectivity index (χ0v) is 22.3. The number of sulfonamides is 1. The third-order valence-corrected chi connectivity index (χ3v) is 8.11. The molecule has 194 valence electrons. The quantitative estimate of drug-likeness (QED) is 0.331. The van der Waals surface area contributed by atoms with Gasteiger partial charge in [0, 0.05) is 44.3 Å². The molecule has 1 fully saturated rings. The summed E-state index contributed by atoms with van der Waals surface area (Å²) in [6, 6.07) is 29.4. The number of benzene rings is 3. The number of hydrogen-bond donors (Lipinski definition) is 2. The summed E-state index contributed by atoms with van der Waals surface area (Å²) < 4.78 is 27.6. The standard InChI is InChI=1S/C28H28N6O2S2/c35-38(36,32-27-29-16-7-17-30-27)25-14-12-24(13-15-25)31-28(37)34-20-18-33(19-21-34)26(22-8-3-1-4-9-22)23-10-5-2-6-11-23/h1-17,26H,18-21H2,(H,31,37)(H,29,30,32). The minimum absolute atomic E-state index is 0.0248. The highest BCUT2D eigenvalue weighted by Gasteiger charge is 2.27.